The second kappa shape index (κ2) is 6.40. The average Bonchev–Trinajstić information content (AvgIpc) is 2.18. The van der Waals surface area contributed by atoms with Crippen LogP contribution in [0.2, 0.25) is 0 Å². The van der Waals surface area contributed by atoms with E-state index in [-0.39, 0.29) is 18.4 Å². The van der Waals surface area contributed by atoms with E-state index in [4.69, 9.17) is 0 Å². The lowest BCUT2D eigenvalue weighted by Crippen LogP contribution is -2.07. The lowest BCUT2D eigenvalue weighted by molar-refractivity contribution is 0.0600. The van der Waals surface area contributed by atoms with Crippen molar-refractivity contribution < 1.29 is 9.53 Å². The number of carbonyl (C=O) groups excluding carboxylic acids is 1. The Kier molecular flexibility index (Phi) is 5.92. The predicted molar refractivity (Wildman–Crippen MR) is 57.8 cm³/mol. The maximum absolute atomic E-state index is 11.1. The van der Waals surface area contributed by atoms with Crippen LogP contribution < -0.4 is 5.32 Å². The van der Waals surface area contributed by atoms with Gasteiger partial charge in [-0.15, -0.1) is 12.4 Å². The lowest BCUT2D eigenvalue weighted by atomic mass is 10.1. The molecule has 0 atom stereocenters. The van der Waals surface area contributed by atoms with Crippen molar-refractivity contribution >= 4 is 18.4 Å². The van der Waals surface area contributed by atoms with Gasteiger partial charge in [0, 0.05) is 6.54 Å². The van der Waals surface area contributed by atoms with E-state index in [0.29, 0.717) is 5.56 Å². The molecule has 0 bridgehead atoms. The van der Waals surface area contributed by atoms with Gasteiger partial charge in [0.05, 0.1) is 12.7 Å². The Balaban J connectivity index is 0.00000169. The quantitative estimate of drug-likeness (QED) is 0.779. The third kappa shape index (κ3) is 3.36. The van der Waals surface area contributed by atoms with Crippen LogP contribution in [0.4, 0.5) is 0 Å². The molecule has 1 N–H and O–H groups in total. The minimum Gasteiger partial charge on any atom is -0.465 e. The van der Waals surface area contributed by atoms with Crippen LogP contribution >= 0.6 is 12.4 Å². The minimum absolute atomic E-state index is 0. The van der Waals surface area contributed by atoms with Gasteiger partial charge in [-0.3, -0.25) is 0 Å². The minimum atomic E-state index is -0.294. The fourth-order valence-electron chi connectivity index (χ4n) is 1.13. The molecule has 0 unspecified atom stereocenters. The molecule has 0 saturated heterocycles. The van der Waals surface area contributed by atoms with Crippen molar-refractivity contribution in [3.63, 3.8) is 0 Å². The monoisotopic (exact) mass is 215 g/mol. The normalized spacial score (nSPS) is 9.00. The van der Waals surface area contributed by atoms with E-state index in [0.717, 1.165) is 12.1 Å². The number of methoxy groups -OCH3 is 1. The highest BCUT2D eigenvalue weighted by molar-refractivity contribution is 5.89. The van der Waals surface area contributed by atoms with E-state index in [2.05, 4.69) is 10.1 Å². The van der Waals surface area contributed by atoms with E-state index >= 15 is 0 Å². The fraction of sp³-hybridized carbons (Fsp3) is 0.300. The van der Waals surface area contributed by atoms with Gasteiger partial charge in [0.25, 0.3) is 0 Å². The molecule has 14 heavy (non-hydrogen) atoms. The Hall–Kier alpha value is -1.06. The van der Waals surface area contributed by atoms with E-state index < -0.39 is 0 Å². The number of nitrogens with one attached hydrogen (secondary N) is 1. The van der Waals surface area contributed by atoms with E-state index in [1.165, 1.54) is 7.11 Å². The van der Waals surface area contributed by atoms with Crippen molar-refractivity contribution in [3.8, 4) is 0 Å². The predicted octanol–water partition coefficient (Wildman–Crippen LogP) is 1.61. The number of hydrogen-bond acceptors (Lipinski definition) is 3. The largest absolute Gasteiger partial charge is 0.465 e. The molecule has 0 radical (unpaired) electrons. The van der Waals surface area contributed by atoms with Crippen LogP contribution in [0.3, 0.4) is 0 Å². The third-order valence-electron chi connectivity index (χ3n) is 1.73. The van der Waals surface area contributed by atoms with Crippen LogP contribution in [0.15, 0.2) is 24.3 Å². The van der Waals surface area contributed by atoms with Crippen molar-refractivity contribution in [2.24, 2.45) is 0 Å². The van der Waals surface area contributed by atoms with Gasteiger partial charge < -0.3 is 10.1 Å². The summed E-state index contributed by atoms with van der Waals surface area (Å²) in [6, 6.07) is 7.37. The highest BCUT2D eigenvalue weighted by Gasteiger charge is 2.04. The van der Waals surface area contributed by atoms with Gasteiger partial charge in [-0.1, -0.05) is 12.1 Å². The van der Waals surface area contributed by atoms with Crippen molar-refractivity contribution in [2.45, 2.75) is 6.54 Å². The van der Waals surface area contributed by atoms with Crippen molar-refractivity contribution in [1.82, 2.24) is 5.32 Å². The van der Waals surface area contributed by atoms with E-state index in [9.17, 15) is 4.79 Å². The topological polar surface area (TPSA) is 38.3 Å². The van der Waals surface area contributed by atoms with Gasteiger partial charge in [0.1, 0.15) is 0 Å². The number of hydrogen-bond donors (Lipinski definition) is 1. The van der Waals surface area contributed by atoms with Gasteiger partial charge in [-0.2, -0.15) is 0 Å². The van der Waals surface area contributed by atoms with Crippen LogP contribution in [-0.2, 0) is 11.3 Å². The van der Waals surface area contributed by atoms with Crippen LogP contribution in [0.25, 0.3) is 0 Å². The van der Waals surface area contributed by atoms with Gasteiger partial charge in [-0.05, 0) is 24.7 Å². The lowest BCUT2D eigenvalue weighted by Gasteiger charge is -2.02. The van der Waals surface area contributed by atoms with Crippen LogP contribution in [0.5, 0.6) is 0 Å². The number of esters is 1. The SMILES string of the molecule is CNCc1cccc(C(=O)OC)c1.Cl. The molecular weight excluding hydrogens is 202 g/mol. The zero-order valence-corrected chi connectivity index (χ0v) is 9.06. The highest BCUT2D eigenvalue weighted by atomic mass is 35.5. The summed E-state index contributed by atoms with van der Waals surface area (Å²) in [5, 5.41) is 3.02. The third-order valence-corrected chi connectivity index (χ3v) is 1.73. The molecule has 1 aromatic carbocycles. The molecule has 0 fully saturated rings. The summed E-state index contributed by atoms with van der Waals surface area (Å²) in [6.45, 7) is 0.755. The zero-order chi connectivity index (χ0) is 9.68. The molecule has 0 spiro atoms. The smallest absolute Gasteiger partial charge is 0.337 e. The van der Waals surface area contributed by atoms with Crippen molar-refractivity contribution in [3.05, 3.63) is 35.4 Å². The summed E-state index contributed by atoms with van der Waals surface area (Å²) in [7, 11) is 3.25. The zero-order valence-electron chi connectivity index (χ0n) is 8.24. The molecule has 78 valence electrons. The summed E-state index contributed by atoms with van der Waals surface area (Å²) in [5.74, 6) is -0.294. The van der Waals surface area contributed by atoms with Crippen LogP contribution in [0.1, 0.15) is 15.9 Å². The number of halogens is 1. The van der Waals surface area contributed by atoms with E-state index in [1.807, 2.05) is 25.2 Å². The first-order valence-corrected chi connectivity index (χ1v) is 4.09. The molecule has 0 aliphatic carbocycles. The maximum atomic E-state index is 11.1. The molecule has 0 saturated carbocycles. The first kappa shape index (κ1) is 12.9. The molecule has 0 heterocycles. The average molecular weight is 216 g/mol. The Labute approximate surface area is 89.9 Å². The molecule has 1 aromatic rings. The summed E-state index contributed by atoms with van der Waals surface area (Å²) >= 11 is 0. The summed E-state index contributed by atoms with van der Waals surface area (Å²) < 4.78 is 4.61. The molecule has 3 nitrogen and oxygen atoms in total. The fourth-order valence-corrected chi connectivity index (χ4v) is 1.13. The Bertz CT molecular complexity index is 302. The van der Waals surface area contributed by atoms with Gasteiger partial charge >= 0.3 is 5.97 Å². The number of benzene rings is 1. The maximum Gasteiger partial charge on any atom is 0.337 e. The number of carbonyl (C=O) groups is 1. The van der Waals surface area contributed by atoms with Gasteiger partial charge in [0.15, 0.2) is 0 Å². The second-order valence-electron chi connectivity index (χ2n) is 2.72. The van der Waals surface area contributed by atoms with E-state index in [1.54, 1.807) is 6.07 Å². The van der Waals surface area contributed by atoms with Gasteiger partial charge in [-0.25, -0.2) is 4.79 Å². The van der Waals surface area contributed by atoms with Crippen molar-refractivity contribution in [2.75, 3.05) is 14.2 Å². The summed E-state index contributed by atoms with van der Waals surface area (Å²) in [6.07, 6.45) is 0. The second-order valence-corrected chi connectivity index (χ2v) is 2.72. The molecule has 0 amide bonds. The highest BCUT2D eigenvalue weighted by Crippen LogP contribution is 2.05. The first-order valence-electron chi connectivity index (χ1n) is 4.09. The molecule has 0 aliphatic rings. The van der Waals surface area contributed by atoms with Crippen LogP contribution in [-0.4, -0.2) is 20.1 Å². The Morgan fingerprint density at radius 2 is 2.21 bits per heavy atom. The number of ether oxygens (including phenoxy) is 1. The Morgan fingerprint density at radius 3 is 2.79 bits per heavy atom. The van der Waals surface area contributed by atoms with Crippen molar-refractivity contribution in [1.29, 1.82) is 0 Å². The Morgan fingerprint density at radius 1 is 1.50 bits per heavy atom. The molecule has 0 aliphatic heterocycles. The summed E-state index contributed by atoms with van der Waals surface area (Å²) in [4.78, 5) is 11.1. The van der Waals surface area contributed by atoms with Gasteiger partial charge in [0.2, 0.25) is 0 Å². The number of rotatable bonds is 3. The molecule has 0 aromatic heterocycles. The van der Waals surface area contributed by atoms with Crippen LogP contribution in [0, 0.1) is 0 Å². The first-order chi connectivity index (χ1) is 6.27. The standard InChI is InChI=1S/C10H13NO2.ClH/c1-11-7-8-4-3-5-9(6-8)10(12)13-2;/h3-6,11H,7H2,1-2H3;1H. The molecule has 1 rings (SSSR count). The molecule has 4 heteroatoms. The molecular formula is C10H14ClNO2. The summed E-state index contributed by atoms with van der Waals surface area (Å²) in [5.41, 5.74) is 1.67.